The van der Waals surface area contributed by atoms with Crippen molar-refractivity contribution in [3.8, 4) is 34.0 Å². The Morgan fingerprint density at radius 2 is 1.81 bits per heavy atom. The van der Waals surface area contributed by atoms with Gasteiger partial charge in [-0.05, 0) is 32.0 Å². The zero-order valence-corrected chi connectivity index (χ0v) is 18.0. The third kappa shape index (κ3) is 3.05. The molecule has 2 N–H and O–H groups in total. The van der Waals surface area contributed by atoms with Crippen molar-refractivity contribution in [3.05, 3.63) is 65.4 Å². The highest BCUT2D eigenvalue weighted by Gasteiger charge is 2.21. The number of pyridine rings is 2. The fourth-order valence-electron chi connectivity index (χ4n) is 3.88. The Morgan fingerprint density at radius 3 is 2.48 bits per heavy atom. The molecule has 0 amide bonds. The normalized spacial score (nSPS) is 11.4. The lowest BCUT2D eigenvalue weighted by atomic mass is 10.0. The predicted octanol–water partition coefficient (Wildman–Crippen LogP) is 5.20. The van der Waals surface area contributed by atoms with Crippen LogP contribution in [0.3, 0.4) is 0 Å². The fourth-order valence-corrected chi connectivity index (χ4v) is 4.10. The summed E-state index contributed by atoms with van der Waals surface area (Å²) in [6, 6.07) is 11.5. The molecule has 0 aliphatic rings. The molecule has 31 heavy (non-hydrogen) atoms. The Balaban J connectivity index is 1.72. The summed E-state index contributed by atoms with van der Waals surface area (Å²) in [7, 11) is 1.95. The second-order valence-corrected chi connectivity index (χ2v) is 7.74. The first-order valence-electron chi connectivity index (χ1n) is 9.70. The van der Waals surface area contributed by atoms with Gasteiger partial charge in [0.1, 0.15) is 17.0 Å². The van der Waals surface area contributed by atoms with E-state index in [-0.39, 0.29) is 0 Å². The topological polar surface area (TPSA) is 95.6 Å². The third-order valence-corrected chi connectivity index (χ3v) is 5.70. The van der Waals surface area contributed by atoms with Crippen molar-refractivity contribution >= 4 is 28.5 Å². The number of rotatable bonds is 3. The van der Waals surface area contributed by atoms with Crippen molar-refractivity contribution in [1.29, 1.82) is 0 Å². The first kappa shape index (κ1) is 19.3. The summed E-state index contributed by atoms with van der Waals surface area (Å²) in [5, 5.41) is 0.624. The van der Waals surface area contributed by atoms with Crippen molar-refractivity contribution in [2.45, 2.75) is 13.8 Å². The lowest BCUT2D eigenvalue weighted by Crippen LogP contribution is -2.00. The van der Waals surface area contributed by atoms with Crippen LogP contribution in [0.1, 0.15) is 11.4 Å². The number of hydrogen-bond donors (Lipinski definition) is 1. The largest absolute Gasteiger partial charge is 0.442 e. The molecular formula is C23H19ClN6O. The molecule has 5 rings (SSSR count). The summed E-state index contributed by atoms with van der Waals surface area (Å²) in [5.41, 5.74) is 12.7. The van der Waals surface area contributed by atoms with Crippen LogP contribution in [0.2, 0.25) is 5.02 Å². The van der Waals surface area contributed by atoms with E-state index in [1.807, 2.05) is 61.9 Å². The molecule has 4 heterocycles. The Labute approximate surface area is 183 Å². The van der Waals surface area contributed by atoms with E-state index in [1.165, 1.54) is 6.39 Å². The number of hydrogen-bond acceptors (Lipinski definition) is 6. The molecule has 0 unspecified atom stereocenters. The minimum absolute atomic E-state index is 0.381. The molecule has 154 valence electrons. The molecule has 1 aromatic carbocycles. The molecule has 4 aromatic heterocycles. The second-order valence-electron chi connectivity index (χ2n) is 7.33. The summed E-state index contributed by atoms with van der Waals surface area (Å²) in [5.74, 6) is 1.76. The van der Waals surface area contributed by atoms with E-state index in [4.69, 9.17) is 26.7 Å². The summed E-state index contributed by atoms with van der Waals surface area (Å²) >= 11 is 6.44. The van der Waals surface area contributed by atoms with E-state index in [2.05, 4.69) is 15.0 Å². The standard InChI is InChI=1S/C23H19ClN6O/c1-12-18(14-8-9-17(26-10-14)21-13(2)27-11-31-21)20-19(22(25)28-12)29-23(30(20)3)15-6-4-5-7-16(15)24/h4-11H,1-3H3,(H2,25,28). The van der Waals surface area contributed by atoms with Crippen molar-refractivity contribution < 1.29 is 4.42 Å². The van der Waals surface area contributed by atoms with Crippen molar-refractivity contribution in [2.75, 3.05) is 5.73 Å². The minimum Gasteiger partial charge on any atom is -0.442 e. The third-order valence-electron chi connectivity index (χ3n) is 5.37. The molecule has 5 aromatic rings. The average Bonchev–Trinajstić information content (AvgIpc) is 3.33. The highest BCUT2D eigenvalue weighted by Crippen LogP contribution is 2.37. The molecule has 0 spiro atoms. The lowest BCUT2D eigenvalue weighted by Gasteiger charge is -2.11. The number of nitrogens with two attached hydrogens (primary N) is 1. The molecule has 0 bridgehead atoms. The number of aryl methyl sites for hydroxylation is 3. The van der Waals surface area contributed by atoms with Gasteiger partial charge in [-0.2, -0.15) is 0 Å². The zero-order chi connectivity index (χ0) is 21.7. The Hall–Kier alpha value is -3.71. The van der Waals surface area contributed by atoms with Gasteiger partial charge in [0.15, 0.2) is 18.0 Å². The van der Waals surface area contributed by atoms with E-state index in [1.54, 1.807) is 6.20 Å². The zero-order valence-electron chi connectivity index (χ0n) is 17.2. The summed E-state index contributed by atoms with van der Waals surface area (Å²) in [6.45, 7) is 3.82. The van der Waals surface area contributed by atoms with Gasteiger partial charge >= 0.3 is 0 Å². The molecule has 0 radical (unpaired) electrons. The fraction of sp³-hybridized carbons (Fsp3) is 0.130. The van der Waals surface area contributed by atoms with Crippen LogP contribution < -0.4 is 5.73 Å². The van der Waals surface area contributed by atoms with Crippen LogP contribution in [0.4, 0.5) is 5.82 Å². The molecule has 0 saturated heterocycles. The van der Waals surface area contributed by atoms with Gasteiger partial charge in [-0.15, -0.1) is 0 Å². The number of halogens is 1. The van der Waals surface area contributed by atoms with Crippen molar-refractivity contribution in [2.24, 2.45) is 7.05 Å². The van der Waals surface area contributed by atoms with Crippen molar-refractivity contribution in [3.63, 3.8) is 0 Å². The SMILES string of the molecule is Cc1ncoc1-c1ccc(-c2c(C)nc(N)c3nc(-c4ccccc4Cl)n(C)c23)cn1. The highest BCUT2D eigenvalue weighted by molar-refractivity contribution is 6.33. The summed E-state index contributed by atoms with van der Waals surface area (Å²) in [6.07, 6.45) is 3.23. The molecule has 0 aliphatic heterocycles. The highest BCUT2D eigenvalue weighted by atomic mass is 35.5. The van der Waals surface area contributed by atoms with E-state index in [0.717, 1.165) is 45.1 Å². The lowest BCUT2D eigenvalue weighted by molar-refractivity contribution is 0.569. The van der Waals surface area contributed by atoms with Crippen molar-refractivity contribution in [1.82, 2.24) is 24.5 Å². The number of benzene rings is 1. The van der Waals surface area contributed by atoms with Gasteiger partial charge < -0.3 is 14.7 Å². The van der Waals surface area contributed by atoms with E-state index in [0.29, 0.717) is 22.1 Å². The van der Waals surface area contributed by atoms with Crippen LogP contribution in [0.15, 0.2) is 53.4 Å². The summed E-state index contributed by atoms with van der Waals surface area (Å²) in [4.78, 5) is 18.1. The van der Waals surface area contributed by atoms with Gasteiger partial charge in [0.2, 0.25) is 0 Å². The van der Waals surface area contributed by atoms with Crippen LogP contribution in [0, 0.1) is 13.8 Å². The average molecular weight is 431 g/mol. The van der Waals surface area contributed by atoms with Gasteiger partial charge in [-0.1, -0.05) is 29.8 Å². The van der Waals surface area contributed by atoms with E-state index in [9.17, 15) is 0 Å². The molecule has 0 atom stereocenters. The number of imidazole rings is 1. The Bertz CT molecular complexity index is 1440. The van der Waals surface area contributed by atoms with Gasteiger partial charge in [0.25, 0.3) is 0 Å². The predicted molar refractivity (Wildman–Crippen MR) is 122 cm³/mol. The van der Waals surface area contributed by atoms with E-state index >= 15 is 0 Å². The first-order chi connectivity index (χ1) is 15.0. The van der Waals surface area contributed by atoms with Gasteiger partial charge in [-0.25, -0.2) is 15.0 Å². The number of nitrogens with zero attached hydrogens (tertiary/aromatic N) is 5. The first-order valence-corrected chi connectivity index (χ1v) is 10.1. The number of fused-ring (bicyclic) bond motifs is 1. The molecule has 8 heteroatoms. The molecule has 0 fully saturated rings. The summed E-state index contributed by atoms with van der Waals surface area (Å²) < 4.78 is 7.46. The van der Waals surface area contributed by atoms with Crippen LogP contribution >= 0.6 is 11.6 Å². The maximum absolute atomic E-state index is 6.44. The molecule has 7 nitrogen and oxygen atoms in total. The van der Waals surface area contributed by atoms with Gasteiger partial charge in [0.05, 0.1) is 16.2 Å². The Morgan fingerprint density at radius 1 is 1.00 bits per heavy atom. The monoisotopic (exact) mass is 430 g/mol. The van der Waals surface area contributed by atoms with Crippen LogP contribution in [0.25, 0.3) is 45.0 Å². The molecule has 0 aliphatic carbocycles. The second kappa shape index (κ2) is 7.21. The van der Waals surface area contributed by atoms with Crippen LogP contribution in [0.5, 0.6) is 0 Å². The van der Waals surface area contributed by atoms with Gasteiger partial charge in [0, 0.05) is 35.6 Å². The number of nitrogen functional groups attached to an aromatic ring is 1. The number of aromatic nitrogens is 5. The van der Waals surface area contributed by atoms with Gasteiger partial charge in [-0.3, -0.25) is 4.98 Å². The smallest absolute Gasteiger partial charge is 0.181 e. The van der Waals surface area contributed by atoms with E-state index < -0.39 is 0 Å². The van der Waals surface area contributed by atoms with Crippen LogP contribution in [-0.4, -0.2) is 24.5 Å². The maximum atomic E-state index is 6.44. The minimum atomic E-state index is 0.381. The van der Waals surface area contributed by atoms with Crippen LogP contribution in [-0.2, 0) is 7.05 Å². The maximum Gasteiger partial charge on any atom is 0.181 e. The molecule has 0 saturated carbocycles. The Kier molecular flexibility index (Phi) is 4.48. The number of anilines is 1. The molecular weight excluding hydrogens is 412 g/mol. The number of oxazole rings is 1. The quantitative estimate of drug-likeness (QED) is 0.422.